The highest BCUT2D eigenvalue weighted by Gasteiger charge is 2.14. The summed E-state index contributed by atoms with van der Waals surface area (Å²) < 4.78 is 0. The van der Waals surface area contributed by atoms with Gasteiger partial charge in [-0.05, 0) is 60.1 Å². The minimum Gasteiger partial charge on any atom is -0.299 e. The zero-order chi connectivity index (χ0) is 17.6. The number of aromatic nitrogens is 1. The number of benzene rings is 1. The minimum absolute atomic E-state index is 0. The van der Waals surface area contributed by atoms with Gasteiger partial charge in [0.2, 0.25) is 0 Å². The van der Waals surface area contributed by atoms with Gasteiger partial charge in [0.25, 0.3) is 0 Å². The number of rotatable bonds is 6. The molecule has 0 amide bonds. The van der Waals surface area contributed by atoms with Gasteiger partial charge in [0.05, 0.1) is 5.69 Å². The molecule has 0 unspecified atom stereocenters. The van der Waals surface area contributed by atoms with Gasteiger partial charge in [0.1, 0.15) is 5.15 Å². The fourth-order valence-corrected chi connectivity index (χ4v) is 3.69. The van der Waals surface area contributed by atoms with E-state index in [0.29, 0.717) is 5.15 Å². The van der Waals surface area contributed by atoms with Crippen molar-refractivity contribution in [1.82, 2.24) is 9.88 Å². The molecule has 0 N–H and O–H groups in total. The lowest BCUT2D eigenvalue weighted by molar-refractivity contribution is 0.305. The Labute approximate surface area is 168 Å². The normalized spacial score (nSPS) is 14.7. The molecule has 0 radical (unpaired) electrons. The van der Waals surface area contributed by atoms with E-state index in [1.54, 1.807) is 0 Å². The van der Waals surface area contributed by atoms with Gasteiger partial charge >= 0.3 is 0 Å². The van der Waals surface area contributed by atoms with Crippen molar-refractivity contribution in [2.24, 2.45) is 0 Å². The number of aryl methyl sites for hydroxylation is 2. The topological polar surface area (TPSA) is 16.1 Å². The summed E-state index contributed by atoms with van der Waals surface area (Å²) in [7, 11) is 0. The van der Waals surface area contributed by atoms with Crippen LogP contribution in [0, 0.1) is 0 Å². The number of pyridine rings is 1. The van der Waals surface area contributed by atoms with E-state index in [0.717, 1.165) is 51.0 Å². The van der Waals surface area contributed by atoms with E-state index in [4.69, 9.17) is 11.6 Å². The summed E-state index contributed by atoms with van der Waals surface area (Å²) in [4.78, 5) is 6.95. The first-order valence-corrected chi connectivity index (χ1v) is 9.72. The number of hydrogen-bond donors (Lipinski definition) is 0. The van der Waals surface area contributed by atoms with E-state index in [9.17, 15) is 0 Å². The first-order valence-electron chi connectivity index (χ1n) is 9.34. The molecule has 0 bridgehead atoms. The Kier molecular flexibility index (Phi) is 8.15. The van der Waals surface area contributed by atoms with E-state index in [2.05, 4.69) is 54.1 Å². The van der Waals surface area contributed by atoms with E-state index < -0.39 is 0 Å². The van der Waals surface area contributed by atoms with Crippen LogP contribution in [0.3, 0.4) is 0 Å². The quantitative estimate of drug-likeness (QED) is 0.595. The Morgan fingerprint density at radius 3 is 2.54 bits per heavy atom. The smallest absolute Gasteiger partial charge is 0.129 e. The fraction of sp³-hybridized carbons (Fsp3) is 0.409. The predicted molar refractivity (Wildman–Crippen MR) is 114 cm³/mol. The molecule has 140 valence electrons. The Balaban J connectivity index is 0.00000243. The standard InChI is InChI=1S/C22H27ClN2.ClH/c1-3-18-9-8-17(16-19(18)4-2)10-13-25-14-11-20(12-15-25)21-6-5-7-22(23)24-21;/h5-9,11,16H,3-4,10,12-15H2,1-2H3;1H. The molecule has 2 nitrogen and oxygen atoms in total. The molecule has 0 spiro atoms. The summed E-state index contributed by atoms with van der Waals surface area (Å²) in [6.07, 6.45) is 6.72. The summed E-state index contributed by atoms with van der Waals surface area (Å²) in [5, 5.41) is 0.572. The van der Waals surface area contributed by atoms with Crippen LogP contribution in [0.4, 0.5) is 0 Å². The number of halogens is 2. The zero-order valence-electron chi connectivity index (χ0n) is 15.7. The molecular formula is C22H28Cl2N2. The lowest BCUT2D eigenvalue weighted by Gasteiger charge is -2.26. The average molecular weight is 391 g/mol. The summed E-state index contributed by atoms with van der Waals surface area (Å²) >= 11 is 6.01. The number of hydrogen-bond acceptors (Lipinski definition) is 2. The third kappa shape index (κ3) is 5.33. The average Bonchev–Trinajstić information content (AvgIpc) is 2.66. The van der Waals surface area contributed by atoms with Gasteiger partial charge in [0, 0.05) is 19.6 Å². The van der Waals surface area contributed by atoms with Crippen molar-refractivity contribution in [2.75, 3.05) is 19.6 Å². The molecular weight excluding hydrogens is 363 g/mol. The predicted octanol–water partition coefficient (Wildman–Crippen LogP) is 5.61. The Hall–Kier alpha value is -1.35. The van der Waals surface area contributed by atoms with Gasteiger partial charge in [-0.15, -0.1) is 12.4 Å². The maximum Gasteiger partial charge on any atom is 0.129 e. The molecule has 1 aromatic carbocycles. The SMILES string of the molecule is CCc1ccc(CCN2CC=C(c3cccc(Cl)n3)CC2)cc1CC.Cl. The van der Waals surface area contributed by atoms with Crippen molar-refractivity contribution in [3.8, 4) is 0 Å². The molecule has 0 fully saturated rings. The van der Waals surface area contributed by atoms with Gasteiger partial charge in [0.15, 0.2) is 0 Å². The maximum atomic E-state index is 6.01. The van der Waals surface area contributed by atoms with Crippen molar-refractivity contribution in [2.45, 2.75) is 39.5 Å². The largest absolute Gasteiger partial charge is 0.299 e. The maximum absolute atomic E-state index is 6.01. The van der Waals surface area contributed by atoms with Crippen LogP contribution in [-0.4, -0.2) is 29.5 Å². The van der Waals surface area contributed by atoms with Crippen LogP contribution in [0.25, 0.3) is 5.57 Å². The molecule has 1 aliphatic heterocycles. The Morgan fingerprint density at radius 1 is 1.08 bits per heavy atom. The van der Waals surface area contributed by atoms with Crippen molar-refractivity contribution >= 4 is 29.6 Å². The van der Waals surface area contributed by atoms with Gasteiger partial charge in [-0.2, -0.15) is 0 Å². The van der Waals surface area contributed by atoms with E-state index in [-0.39, 0.29) is 12.4 Å². The zero-order valence-corrected chi connectivity index (χ0v) is 17.2. The monoisotopic (exact) mass is 390 g/mol. The second-order valence-electron chi connectivity index (χ2n) is 6.69. The molecule has 1 aromatic heterocycles. The number of nitrogens with zero attached hydrogens (tertiary/aromatic N) is 2. The third-order valence-corrected chi connectivity index (χ3v) is 5.30. The van der Waals surface area contributed by atoms with Crippen LogP contribution in [0.5, 0.6) is 0 Å². The van der Waals surface area contributed by atoms with Crippen LogP contribution in [0.15, 0.2) is 42.5 Å². The highest BCUT2D eigenvalue weighted by molar-refractivity contribution is 6.29. The Bertz CT molecular complexity index is 756. The summed E-state index contributed by atoms with van der Waals surface area (Å²) in [5.74, 6) is 0. The second-order valence-corrected chi connectivity index (χ2v) is 7.07. The van der Waals surface area contributed by atoms with Crippen LogP contribution < -0.4 is 0 Å². The summed E-state index contributed by atoms with van der Waals surface area (Å²) in [6.45, 7) is 7.69. The van der Waals surface area contributed by atoms with Gasteiger partial charge < -0.3 is 0 Å². The summed E-state index contributed by atoms with van der Waals surface area (Å²) in [5.41, 5.74) is 6.80. The molecule has 0 saturated heterocycles. The molecule has 26 heavy (non-hydrogen) atoms. The van der Waals surface area contributed by atoms with Crippen molar-refractivity contribution < 1.29 is 0 Å². The summed E-state index contributed by atoms with van der Waals surface area (Å²) in [6, 6.07) is 12.9. The Morgan fingerprint density at radius 2 is 1.88 bits per heavy atom. The molecule has 4 heteroatoms. The first-order chi connectivity index (χ1) is 12.2. The van der Waals surface area contributed by atoms with Crippen LogP contribution in [-0.2, 0) is 19.3 Å². The van der Waals surface area contributed by atoms with E-state index in [1.165, 1.54) is 22.3 Å². The lowest BCUT2D eigenvalue weighted by Crippen LogP contribution is -2.30. The molecule has 2 aromatic rings. The van der Waals surface area contributed by atoms with Crippen LogP contribution in [0.1, 0.15) is 42.7 Å². The van der Waals surface area contributed by atoms with Gasteiger partial charge in [-0.3, -0.25) is 4.90 Å². The van der Waals surface area contributed by atoms with Crippen molar-refractivity contribution in [3.05, 3.63) is 70.0 Å². The van der Waals surface area contributed by atoms with E-state index >= 15 is 0 Å². The molecule has 0 saturated carbocycles. The minimum atomic E-state index is 0. The van der Waals surface area contributed by atoms with E-state index in [1.807, 2.05) is 12.1 Å². The molecule has 1 aliphatic rings. The molecule has 0 aliphatic carbocycles. The lowest BCUT2D eigenvalue weighted by atomic mass is 9.98. The molecule has 2 heterocycles. The molecule has 3 rings (SSSR count). The van der Waals surface area contributed by atoms with Crippen LogP contribution >= 0.6 is 24.0 Å². The highest BCUT2D eigenvalue weighted by Crippen LogP contribution is 2.22. The van der Waals surface area contributed by atoms with Gasteiger partial charge in [-0.1, -0.05) is 55.8 Å². The van der Waals surface area contributed by atoms with Gasteiger partial charge in [-0.25, -0.2) is 4.98 Å². The third-order valence-electron chi connectivity index (χ3n) is 5.09. The second kappa shape index (κ2) is 10.1. The molecule has 0 atom stereocenters. The first kappa shape index (κ1) is 21.0. The van der Waals surface area contributed by atoms with Crippen molar-refractivity contribution in [1.29, 1.82) is 0 Å². The van der Waals surface area contributed by atoms with Crippen molar-refractivity contribution in [3.63, 3.8) is 0 Å². The fourth-order valence-electron chi connectivity index (χ4n) is 3.53. The van der Waals surface area contributed by atoms with Crippen LogP contribution in [0.2, 0.25) is 5.15 Å². The highest BCUT2D eigenvalue weighted by atomic mass is 35.5.